The van der Waals surface area contributed by atoms with Gasteiger partial charge in [-0.05, 0) is 25.3 Å². The standard InChI is InChI=1S/C15H20N2OS/c1-11(10-19-3)16-9-13-8-7-12-5-4-6-14(18-2)15(12)17-13/h4-8,11,16H,9-10H2,1-3H3. The van der Waals surface area contributed by atoms with Crippen LogP contribution in [0.15, 0.2) is 30.3 Å². The van der Waals surface area contributed by atoms with Crippen LogP contribution in [0.3, 0.4) is 0 Å². The zero-order chi connectivity index (χ0) is 13.7. The quantitative estimate of drug-likeness (QED) is 0.879. The van der Waals surface area contributed by atoms with Crippen molar-refractivity contribution in [3.05, 3.63) is 36.0 Å². The van der Waals surface area contributed by atoms with Gasteiger partial charge in [0.05, 0.1) is 12.8 Å². The van der Waals surface area contributed by atoms with E-state index in [2.05, 4.69) is 41.7 Å². The van der Waals surface area contributed by atoms with Crippen molar-refractivity contribution >= 4 is 22.7 Å². The lowest BCUT2D eigenvalue weighted by Crippen LogP contribution is -2.27. The maximum Gasteiger partial charge on any atom is 0.145 e. The van der Waals surface area contributed by atoms with Gasteiger partial charge in [-0.2, -0.15) is 11.8 Å². The number of pyridine rings is 1. The Morgan fingerprint density at radius 2 is 2.16 bits per heavy atom. The third-order valence-corrected chi connectivity index (χ3v) is 3.84. The van der Waals surface area contributed by atoms with Crippen LogP contribution in [0.4, 0.5) is 0 Å². The second kappa shape index (κ2) is 6.78. The van der Waals surface area contributed by atoms with E-state index in [1.807, 2.05) is 23.9 Å². The molecule has 0 radical (unpaired) electrons. The first-order chi connectivity index (χ1) is 9.24. The van der Waals surface area contributed by atoms with Gasteiger partial charge in [0.15, 0.2) is 0 Å². The summed E-state index contributed by atoms with van der Waals surface area (Å²) in [5, 5.41) is 4.59. The van der Waals surface area contributed by atoms with E-state index in [-0.39, 0.29) is 0 Å². The Hall–Kier alpha value is -1.26. The van der Waals surface area contributed by atoms with Gasteiger partial charge in [-0.25, -0.2) is 4.98 Å². The Morgan fingerprint density at radius 3 is 2.89 bits per heavy atom. The fourth-order valence-electron chi connectivity index (χ4n) is 2.01. The monoisotopic (exact) mass is 276 g/mol. The number of methoxy groups -OCH3 is 1. The fourth-order valence-corrected chi connectivity index (χ4v) is 2.63. The van der Waals surface area contributed by atoms with Gasteiger partial charge < -0.3 is 10.1 Å². The predicted molar refractivity (Wildman–Crippen MR) is 83.0 cm³/mol. The summed E-state index contributed by atoms with van der Waals surface area (Å²) >= 11 is 1.85. The number of hydrogen-bond donors (Lipinski definition) is 1. The van der Waals surface area contributed by atoms with Gasteiger partial charge in [-0.3, -0.25) is 0 Å². The van der Waals surface area contributed by atoms with E-state index >= 15 is 0 Å². The molecule has 0 saturated carbocycles. The largest absolute Gasteiger partial charge is 0.494 e. The second-order valence-corrected chi connectivity index (χ2v) is 5.48. The molecule has 1 heterocycles. The molecule has 3 nitrogen and oxygen atoms in total. The highest BCUT2D eigenvalue weighted by molar-refractivity contribution is 7.98. The molecular formula is C15H20N2OS. The highest BCUT2D eigenvalue weighted by atomic mass is 32.2. The molecule has 2 rings (SSSR count). The van der Waals surface area contributed by atoms with Gasteiger partial charge in [0, 0.05) is 23.7 Å². The number of para-hydroxylation sites is 1. The zero-order valence-electron chi connectivity index (χ0n) is 11.6. The Labute approximate surface area is 118 Å². The fraction of sp³-hybridized carbons (Fsp3) is 0.400. The minimum Gasteiger partial charge on any atom is -0.494 e. The van der Waals surface area contributed by atoms with E-state index in [0.717, 1.165) is 34.6 Å². The third-order valence-electron chi connectivity index (χ3n) is 3.01. The molecule has 1 unspecified atom stereocenters. The van der Waals surface area contributed by atoms with Crippen LogP contribution in [0.1, 0.15) is 12.6 Å². The molecule has 0 spiro atoms. The number of thioether (sulfide) groups is 1. The zero-order valence-corrected chi connectivity index (χ0v) is 12.5. The van der Waals surface area contributed by atoms with Crippen molar-refractivity contribution in [2.24, 2.45) is 0 Å². The number of nitrogens with one attached hydrogen (secondary N) is 1. The first kappa shape index (κ1) is 14.2. The summed E-state index contributed by atoms with van der Waals surface area (Å²) in [5.41, 5.74) is 1.98. The lowest BCUT2D eigenvalue weighted by atomic mass is 10.2. The maximum absolute atomic E-state index is 5.36. The molecule has 0 aliphatic carbocycles. The Balaban J connectivity index is 2.16. The van der Waals surface area contributed by atoms with E-state index in [0.29, 0.717) is 6.04 Å². The second-order valence-electron chi connectivity index (χ2n) is 4.57. The Morgan fingerprint density at radius 1 is 1.32 bits per heavy atom. The van der Waals surface area contributed by atoms with Crippen LogP contribution in [0.2, 0.25) is 0 Å². The summed E-state index contributed by atoms with van der Waals surface area (Å²) in [6, 6.07) is 10.6. The molecule has 1 atom stereocenters. The minimum absolute atomic E-state index is 0.491. The number of aromatic nitrogens is 1. The van der Waals surface area contributed by atoms with Gasteiger partial charge in [0.25, 0.3) is 0 Å². The Bertz CT molecular complexity index is 545. The van der Waals surface area contributed by atoms with Crippen LogP contribution in [0, 0.1) is 0 Å². The van der Waals surface area contributed by atoms with Crippen molar-refractivity contribution in [1.29, 1.82) is 0 Å². The molecule has 2 aromatic rings. The number of fused-ring (bicyclic) bond motifs is 1. The SMILES string of the molecule is COc1cccc2ccc(CNC(C)CSC)nc12. The molecule has 1 aromatic carbocycles. The molecular weight excluding hydrogens is 256 g/mol. The lowest BCUT2D eigenvalue weighted by Gasteiger charge is -2.12. The third kappa shape index (κ3) is 3.61. The van der Waals surface area contributed by atoms with Gasteiger partial charge in [-0.1, -0.05) is 18.2 Å². The number of nitrogens with zero attached hydrogens (tertiary/aromatic N) is 1. The van der Waals surface area contributed by atoms with E-state index in [9.17, 15) is 0 Å². The van der Waals surface area contributed by atoms with Crippen molar-refractivity contribution in [1.82, 2.24) is 10.3 Å². The maximum atomic E-state index is 5.36. The van der Waals surface area contributed by atoms with Crippen molar-refractivity contribution < 1.29 is 4.74 Å². The van der Waals surface area contributed by atoms with Gasteiger partial charge >= 0.3 is 0 Å². The van der Waals surface area contributed by atoms with Gasteiger partial charge in [0.1, 0.15) is 11.3 Å². The molecule has 0 amide bonds. The first-order valence-corrected chi connectivity index (χ1v) is 7.79. The highest BCUT2D eigenvalue weighted by Gasteiger charge is 2.05. The van der Waals surface area contributed by atoms with Crippen molar-refractivity contribution in [3.8, 4) is 5.75 Å². The molecule has 19 heavy (non-hydrogen) atoms. The summed E-state index contributed by atoms with van der Waals surface area (Å²) in [6.45, 7) is 2.98. The van der Waals surface area contributed by atoms with E-state index in [4.69, 9.17) is 4.74 Å². The van der Waals surface area contributed by atoms with Crippen LogP contribution in [-0.4, -0.2) is 30.1 Å². The van der Waals surface area contributed by atoms with Crippen molar-refractivity contribution in [3.63, 3.8) is 0 Å². The highest BCUT2D eigenvalue weighted by Crippen LogP contribution is 2.23. The summed E-state index contributed by atoms with van der Waals surface area (Å²) < 4.78 is 5.36. The number of rotatable bonds is 6. The van der Waals surface area contributed by atoms with Crippen LogP contribution < -0.4 is 10.1 Å². The van der Waals surface area contributed by atoms with E-state index in [1.54, 1.807) is 7.11 Å². The number of ether oxygens (including phenoxy) is 1. The van der Waals surface area contributed by atoms with Gasteiger partial charge in [-0.15, -0.1) is 0 Å². The predicted octanol–water partition coefficient (Wildman–Crippen LogP) is 3.08. The summed E-state index contributed by atoms with van der Waals surface area (Å²) in [5.74, 6) is 1.94. The molecule has 0 saturated heterocycles. The minimum atomic E-state index is 0.491. The molecule has 0 aliphatic heterocycles. The average molecular weight is 276 g/mol. The van der Waals surface area contributed by atoms with Gasteiger partial charge in [0.2, 0.25) is 0 Å². The molecule has 4 heteroatoms. The lowest BCUT2D eigenvalue weighted by molar-refractivity contribution is 0.418. The molecule has 1 N–H and O–H groups in total. The smallest absolute Gasteiger partial charge is 0.145 e. The molecule has 0 aliphatic rings. The summed E-state index contributed by atoms with van der Waals surface area (Å²) in [4.78, 5) is 4.68. The average Bonchev–Trinajstić information content (AvgIpc) is 2.44. The molecule has 1 aromatic heterocycles. The van der Waals surface area contributed by atoms with Crippen LogP contribution in [0.25, 0.3) is 10.9 Å². The normalized spacial score (nSPS) is 12.6. The topological polar surface area (TPSA) is 34.1 Å². The Kier molecular flexibility index (Phi) is 5.05. The molecule has 102 valence electrons. The molecule has 0 bridgehead atoms. The molecule has 0 fully saturated rings. The van der Waals surface area contributed by atoms with Crippen LogP contribution in [-0.2, 0) is 6.54 Å². The van der Waals surface area contributed by atoms with E-state index in [1.165, 1.54) is 0 Å². The van der Waals surface area contributed by atoms with Crippen LogP contribution in [0.5, 0.6) is 5.75 Å². The summed E-state index contributed by atoms with van der Waals surface area (Å²) in [7, 11) is 1.68. The van der Waals surface area contributed by atoms with Crippen molar-refractivity contribution in [2.75, 3.05) is 19.1 Å². The summed E-state index contributed by atoms with van der Waals surface area (Å²) in [6.07, 6.45) is 2.12. The first-order valence-electron chi connectivity index (χ1n) is 6.39. The number of benzene rings is 1. The number of hydrogen-bond acceptors (Lipinski definition) is 4. The van der Waals surface area contributed by atoms with Crippen LogP contribution >= 0.6 is 11.8 Å². The van der Waals surface area contributed by atoms with Crippen molar-refractivity contribution in [2.45, 2.75) is 19.5 Å². The van der Waals surface area contributed by atoms with E-state index < -0.39 is 0 Å².